The molecule has 0 bridgehead atoms. The highest BCUT2D eigenvalue weighted by Crippen LogP contribution is 2.30. The number of hydrogen-bond acceptors (Lipinski definition) is 4. The minimum atomic E-state index is -1.18. The van der Waals surface area contributed by atoms with Gasteiger partial charge in [0, 0.05) is 18.8 Å². The molecule has 1 heterocycles. The molecule has 1 aromatic rings. The predicted octanol–water partition coefficient (Wildman–Crippen LogP) is 1.28. The average molecular weight is 235 g/mol. The fourth-order valence-electron chi connectivity index (χ4n) is 2.24. The zero-order valence-corrected chi connectivity index (χ0v) is 10.1. The lowest BCUT2D eigenvalue weighted by molar-refractivity contribution is -0.150. The van der Waals surface area contributed by atoms with Gasteiger partial charge < -0.3 is 14.7 Å². The van der Waals surface area contributed by atoms with Gasteiger partial charge in [-0.05, 0) is 30.5 Å². The van der Waals surface area contributed by atoms with Crippen molar-refractivity contribution in [2.24, 2.45) is 0 Å². The van der Waals surface area contributed by atoms with Crippen LogP contribution in [-0.4, -0.2) is 31.3 Å². The molecule has 4 nitrogen and oxygen atoms in total. The van der Waals surface area contributed by atoms with E-state index in [4.69, 9.17) is 0 Å². The standard InChI is InChI=1S/C13H17NO3/c1-3-14-7-6-9-8-10(4-5-11(9)14)12(15)13(16)17-2/h4-5,8,12,15H,3,6-7H2,1-2H3. The van der Waals surface area contributed by atoms with Gasteiger partial charge in [-0.25, -0.2) is 4.79 Å². The molecule has 2 rings (SSSR count). The highest BCUT2D eigenvalue weighted by atomic mass is 16.5. The number of esters is 1. The van der Waals surface area contributed by atoms with E-state index in [2.05, 4.69) is 16.6 Å². The quantitative estimate of drug-likeness (QED) is 0.802. The first-order valence-corrected chi connectivity index (χ1v) is 5.81. The summed E-state index contributed by atoms with van der Waals surface area (Å²) in [6, 6.07) is 5.65. The maximum atomic E-state index is 11.3. The van der Waals surface area contributed by atoms with Gasteiger partial charge in [0.05, 0.1) is 7.11 Å². The van der Waals surface area contributed by atoms with Crippen LogP contribution in [0.5, 0.6) is 0 Å². The smallest absolute Gasteiger partial charge is 0.339 e. The molecule has 1 aliphatic heterocycles. The van der Waals surface area contributed by atoms with Crippen LogP contribution in [-0.2, 0) is 16.0 Å². The number of carbonyl (C=O) groups is 1. The first kappa shape index (κ1) is 11.9. The first-order valence-electron chi connectivity index (χ1n) is 5.81. The normalized spacial score (nSPS) is 15.6. The van der Waals surface area contributed by atoms with E-state index in [9.17, 15) is 9.90 Å². The molecular formula is C13H17NO3. The Balaban J connectivity index is 2.26. The van der Waals surface area contributed by atoms with Gasteiger partial charge in [0.15, 0.2) is 6.10 Å². The van der Waals surface area contributed by atoms with Crippen molar-refractivity contribution in [2.45, 2.75) is 19.4 Å². The van der Waals surface area contributed by atoms with Crippen LogP contribution < -0.4 is 4.90 Å². The Labute approximate surface area is 101 Å². The van der Waals surface area contributed by atoms with Gasteiger partial charge >= 0.3 is 5.97 Å². The lowest BCUT2D eigenvalue weighted by Gasteiger charge is -2.17. The second-order valence-corrected chi connectivity index (χ2v) is 4.14. The van der Waals surface area contributed by atoms with E-state index in [1.54, 1.807) is 6.07 Å². The van der Waals surface area contributed by atoms with Crippen molar-refractivity contribution in [3.63, 3.8) is 0 Å². The number of benzene rings is 1. The summed E-state index contributed by atoms with van der Waals surface area (Å²) in [5.74, 6) is -0.615. The second kappa shape index (κ2) is 4.75. The summed E-state index contributed by atoms with van der Waals surface area (Å²) in [5.41, 5.74) is 2.99. The maximum absolute atomic E-state index is 11.3. The molecule has 1 atom stereocenters. The van der Waals surface area contributed by atoms with E-state index in [1.165, 1.54) is 18.4 Å². The minimum absolute atomic E-state index is 0.605. The molecule has 0 saturated heterocycles. The summed E-state index contributed by atoms with van der Waals surface area (Å²) >= 11 is 0. The minimum Gasteiger partial charge on any atom is -0.467 e. The number of aliphatic hydroxyl groups excluding tert-OH is 1. The summed E-state index contributed by atoms with van der Waals surface area (Å²) in [4.78, 5) is 13.5. The lowest BCUT2D eigenvalue weighted by Crippen LogP contribution is -2.19. The summed E-state index contributed by atoms with van der Waals surface area (Å²) in [6.45, 7) is 4.10. The number of methoxy groups -OCH3 is 1. The van der Waals surface area contributed by atoms with Gasteiger partial charge in [-0.2, -0.15) is 0 Å². The highest BCUT2D eigenvalue weighted by Gasteiger charge is 2.22. The third kappa shape index (κ3) is 2.13. The van der Waals surface area contributed by atoms with E-state index in [0.717, 1.165) is 19.5 Å². The Morgan fingerprint density at radius 1 is 1.59 bits per heavy atom. The SMILES string of the molecule is CCN1CCc2cc(C(O)C(=O)OC)ccc21. The van der Waals surface area contributed by atoms with Crippen molar-refractivity contribution in [3.05, 3.63) is 29.3 Å². The van der Waals surface area contributed by atoms with Gasteiger partial charge in [-0.15, -0.1) is 0 Å². The van der Waals surface area contributed by atoms with E-state index < -0.39 is 12.1 Å². The molecule has 1 aromatic carbocycles. The third-order valence-corrected chi connectivity index (χ3v) is 3.22. The zero-order valence-electron chi connectivity index (χ0n) is 10.1. The average Bonchev–Trinajstić information content (AvgIpc) is 2.78. The zero-order chi connectivity index (χ0) is 12.4. The molecule has 92 valence electrons. The molecule has 1 unspecified atom stereocenters. The van der Waals surface area contributed by atoms with Crippen LogP contribution in [0, 0.1) is 0 Å². The van der Waals surface area contributed by atoms with Crippen LogP contribution >= 0.6 is 0 Å². The van der Waals surface area contributed by atoms with E-state index >= 15 is 0 Å². The number of anilines is 1. The van der Waals surface area contributed by atoms with Gasteiger partial charge in [0.2, 0.25) is 0 Å². The Bertz CT molecular complexity index is 431. The van der Waals surface area contributed by atoms with Crippen molar-refractivity contribution in [2.75, 3.05) is 25.1 Å². The molecule has 0 fully saturated rings. The van der Waals surface area contributed by atoms with E-state index in [-0.39, 0.29) is 0 Å². The Morgan fingerprint density at radius 3 is 3.00 bits per heavy atom. The van der Waals surface area contributed by atoms with Crippen molar-refractivity contribution < 1.29 is 14.6 Å². The number of nitrogens with zero attached hydrogens (tertiary/aromatic N) is 1. The number of carbonyl (C=O) groups excluding carboxylic acids is 1. The molecule has 17 heavy (non-hydrogen) atoms. The van der Waals surface area contributed by atoms with Gasteiger partial charge in [0.25, 0.3) is 0 Å². The number of likely N-dealkylation sites (N-methyl/N-ethyl adjacent to an activating group) is 1. The fourth-order valence-corrected chi connectivity index (χ4v) is 2.24. The Morgan fingerprint density at radius 2 is 2.35 bits per heavy atom. The summed E-state index contributed by atoms with van der Waals surface area (Å²) in [5, 5.41) is 9.76. The van der Waals surface area contributed by atoms with Crippen LogP contribution in [0.2, 0.25) is 0 Å². The molecule has 0 saturated carbocycles. The topological polar surface area (TPSA) is 49.8 Å². The Kier molecular flexibility index (Phi) is 3.33. The molecule has 1 aliphatic rings. The second-order valence-electron chi connectivity index (χ2n) is 4.14. The predicted molar refractivity (Wildman–Crippen MR) is 65.0 cm³/mol. The molecule has 0 radical (unpaired) electrons. The van der Waals surface area contributed by atoms with Crippen LogP contribution in [0.1, 0.15) is 24.2 Å². The van der Waals surface area contributed by atoms with E-state index in [0.29, 0.717) is 5.56 Å². The summed E-state index contributed by atoms with van der Waals surface area (Å²) < 4.78 is 4.53. The van der Waals surface area contributed by atoms with Gasteiger partial charge in [-0.3, -0.25) is 0 Å². The molecular weight excluding hydrogens is 218 g/mol. The summed E-state index contributed by atoms with van der Waals surface area (Å²) in [6.07, 6.45) is -0.216. The van der Waals surface area contributed by atoms with Crippen LogP contribution in [0.4, 0.5) is 5.69 Å². The van der Waals surface area contributed by atoms with Crippen molar-refractivity contribution in [1.82, 2.24) is 0 Å². The van der Waals surface area contributed by atoms with Gasteiger partial charge in [0.1, 0.15) is 0 Å². The van der Waals surface area contributed by atoms with Crippen molar-refractivity contribution in [1.29, 1.82) is 0 Å². The van der Waals surface area contributed by atoms with Crippen LogP contribution in [0.25, 0.3) is 0 Å². The highest BCUT2D eigenvalue weighted by molar-refractivity contribution is 5.76. The Hall–Kier alpha value is -1.55. The number of fused-ring (bicyclic) bond motifs is 1. The van der Waals surface area contributed by atoms with Crippen LogP contribution in [0.3, 0.4) is 0 Å². The van der Waals surface area contributed by atoms with E-state index in [1.807, 2.05) is 12.1 Å². The number of rotatable bonds is 3. The summed E-state index contributed by atoms with van der Waals surface area (Å²) in [7, 11) is 1.28. The molecule has 1 N–H and O–H groups in total. The van der Waals surface area contributed by atoms with Gasteiger partial charge in [-0.1, -0.05) is 12.1 Å². The fraction of sp³-hybridized carbons (Fsp3) is 0.462. The monoisotopic (exact) mass is 235 g/mol. The lowest BCUT2D eigenvalue weighted by atomic mass is 10.0. The molecule has 0 aliphatic carbocycles. The number of aliphatic hydroxyl groups is 1. The number of hydrogen-bond donors (Lipinski definition) is 1. The molecule has 0 aromatic heterocycles. The van der Waals surface area contributed by atoms with Crippen LogP contribution in [0.15, 0.2) is 18.2 Å². The molecule has 4 heteroatoms. The first-order chi connectivity index (χ1) is 8.17. The van der Waals surface area contributed by atoms with Crippen molar-refractivity contribution >= 4 is 11.7 Å². The largest absolute Gasteiger partial charge is 0.467 e. The number of ether oxygens (including phenoxy) is 1. The third-order valence-electron chi connectivity index (χ3n) is 3.22. The maximum Gasteiger partial charge on any atom is 0.339 e. The molecule has 0 spiro atoms. The molecule has 0 amide bonds. The van der Waals surface area contributed by atoms with Crippen molar-refractivity contribution in [3.8, 4) is 0 Å².